The van der Waals surface area contributed by atoms with Crippen LogP contribution in [0.4, 0.5) is 11.5 Å². The molecule has 1 atom stereocenters. The van der Waals surface area contributed by atoms with Gasteiger partial charge in [-0.15, -0.1) is 0 Å². The van der Waals surface area contributed by atoms with E-state index in [1.165, 1.54) is 11.1 Å². The molecule has 7 nitrogen and oxygen atoms in total. The first-order valence-corrected chi connectivity index (χ1v) is 10.1. The minimum atomic E-state index is 0.0120. The molecule has 0 radical (unpaired) electrons. The van der Waals surface area contributed by atoms with Gasteiger partial charge in [-0.05, 0) is 41.7 Å². The van der Waals surface area contributed by atoms with Gasteiger partial charge in [0.05, 0.1) is 31.5 Å². The molecule has 158 valence electrons. The molecule has 0 spiro atoms. The standard InChI is InChI=1S/C15H19NO2.C8H9N3O/c1-2-15(16-11-17)14-5-3-12(4-6-14)13-7-9-18-10-8-13;1-11-5-7(12)10-6-3-2-4-9-8(6)11/h3-7,11,15H,2,8-10H2,1H3,(H,16,17);2-4H,5H2,1H3,(H,10,12). The van der Waals surface area contributed by atoms with E-state index in [1.807, 2.05) is 18.0 Å². The van der Waals surface area contributed by atoms with Gasteiger partial charge in [0.2, 0.25) is 12.3 Å². The summed E-state index contributed by atoms with van der Waals surface area (Å²) < 4.78 is 5.31. The van der Waals surface area contributed by atoms with Crippen molar-refractivity contribution in [2.24, 2.45) is 0 Å². The Kier molecular flexibility index (Phi) is 7.57. The van der Waals surface area contributed by atoms with Gasteiger partial charge in [0.15, 0.2) is 5.82 Å². The number of ether oxygens (including phenoxy) is 1. The second-order valence-electron chi connectivity index (χ2n) is 7.20. The Labute approximate surface area is 177 Å². The van der Waals surface area contributed by atoms with E-state index < -0.39 is 0 Å². The first-order valence-electron chi connectivity index (χ1n) is 10.1. The molecular weight excluding hydrogens is 380 g/mol. The fraction of sp³-hybridized carbons (Fsp3) is 0.348. The van der Waals surface area contributed by atoms with E-state index in [1.54, 1.807) is 12.3 Å². The number of amides is 2. The number of rotatable bonds is 5. The van der Waals surface area contributed by atoms with Crippen molar-refractivity contribution in [1.82, 2.24) is 10.3 Å². The van der Waals surface area contributed by atoms with Crippen LogP contribution < -0.4 is 15.5 Å². The molecular formula is C23H28N4O3. The Hall–Kier alpha value is -3.19. The second kappa shape index (κ2) is 10.5. The zero-order valence-electron chi connectivity index (χ0n) is 17.4. The van der Waals surface area contributed by atoms with E-state index in [-0.39, 0.29) is 11.9 Å². The molecule has 30 heavy (non-hydrogen) atoms. The van der Waals surface area contributed by atoms with Gasteiger partial charge >= 0.3 is 0 Å². The molecule has 0 saturated carbocycles. The fourth-order valence-electron chi connectivity index (χ4n) is 3.53. The van der Waals surface area contributed by atoms with Crippen LogP contribution in [0, 0.1) is 0 Å². The fourth-order valence-corrected chi connectivity index (χ4v) is 3.53. The van der Waals surface area contributed by atoms with Crippen LogP contribution in [0.15, 0.2) is 48.7 Å². The Morgan fingerprint density at radius 1 is 1.30 bits per heavy atom. The van der Waals surface area contributed by atoms with Crippen LogP contribution in [0.1, 0.15) is 36.9 Å². The van der Waals surface area contributed by atoms with Gasteiger partial charge < -0.3 is 20.3 Å². The molecule has 2 aromatic rings. The summed E-state index contributed by atoms with van der Waals surface area (Å²) in [5.41, 5.74) is 4.55. The highest BCUT2D eigenvalue weighted by molar-refractivity contribution is 5.99. The van der Waals surface area contributed by atoms with E-state index in [0.717, 1.165) is 42.9 Å². The smallest absolute Gasteiger partial charge is 0.244 e. The molecule has 2 N–H and O–H groups in total. The van der Waals surface area contributed by atoms with Gasteiger partial charge in [-0.3, -0.25) is 9.59 Å². The molecule has 0 bridgehead atoms. The molecule has 0 saturated heterocycles. The number of anilines is 2. The molecule has 0 fully saturated rings. The van der Waals surface area contributed by atoms with E-state index in [4.69, 9.17) is 4.74 Å². The summed E-state index contributed by atoms with van der Waals surface area (Å²) in [6, 6.07) is 12.2. The van der Waals surface area contributed by atoms with E-state index in [9.17, 15) is 9.59 Å². The number of carbonyl (C=O) groups excluding carboxylic acids is 2. The Bertz CT molecular complexity index is 896. The van der Waals surface area contributed by atoms with Gasteiger partial charge in [0, 0.05) is 13.2 Å². The van der Waals surface area contributed by atoms with Crippen molar-refractivity contribution in [3.05, 3.63) is 59.8 Å². The maximum atomic E-state index is 11.1. The normalized spacial score (nSPS) is 16.3. The highest BCUT2D eigenvalue weighted by atomic mass is 16.5. The van der Waals surface area contributed by atoms with Crippen LogP contribution in [-0.4, -0.2) is 44.1 Å². The summed E-state index contributed by atoms with van der Waals surface area (Å²) in [6.07, 6.45) is 6.49. The number of pyridine rings is 1. The van der Waals surface area contributed by atoms with Crippen LogP contribution in [0.2, 0.25) is 0 Å². The van der Waals surface area contributed by atoms with Crippen LogP contribution in [-0.2, 0) is 14.3 Å². The second-order valence-corrected chi connectivity index (χ2v) is 7.20. The lowest BCUT2D eigenvalue weighted by Crippen LogP contribution is -2.35. The van der Waals surface area contributed by atoms with Crippen molar-refractivity contribution in [2.75, 3.05) is 37.0 Å². The van der Waals surface area contributed by atoms with Gasteiger partial charge in [-0.2, -0.15) is 0 Å². The average molecular weight is 409 g/mol. The van der Waals surface area contributed by atoms with E-state index >= 15 is 0 Å². The number of carbonyl (C=O) groups is 2. The number of aromatic nitrogens is 1. The SMILES string of the molecule is CCC(NC=O)c1ccc(C2=CCOCC2)cc1.CN1CC(=O)Nc2cccnc21. The van der Waals surface area contributed by atoms with Crippen molar-refractivity contribution in [2.45, 2.75) is 25.8 Å². The molecule has 7 heteroatoms. The zero-order valence-corrected chi connectivity index (χ0v) is 17.4. The van der Waals surface area contributed by atoms with Crippen molar-refractivity contribution < 1.29 is 14.3 Å². The van der Waals surface area contributed by atoms with Crippen LogP contribution in [0.25, 0.3) is 5.57 Å². The summed E-state index contributed by atoms with van der Waals surface area (Å²) in [6.45, 7) is 3.96. The maximum absolute atomic E-state index is 11.1. The van der Waals surface area contributed by atoms with Gasteiger partial charge in [-0.1, -0.05) is 37.3 Å². The largest absolute Gasteiger partial charge is 0.377 e. The third kappa shape index (κ3) is 5.45. The number of likely N-dealkylation sites (N-methyl/N-ethyl adjacent to an activating group) is 1. The van der Waals surface area contributed by atoms with Crippen molar-refractivity contribution in [1.29, 1.82) is 0 Å². The summed E-state index contributed by atoms with van der Waals surface area (Å²) in [5.74, 6) is 0.843. The third-order valence-corrected chi connectivity index (χ3v) is 5.13. The molecule has 3 heterocycles. The molecule has 0 aliphatic carbocycles. The van der Waals surface area contributed by atoms with E-state index in [2.05, 4.69) is 52.9 Å². The minimum absolute atomic E-state index is 0.0120. The molecule has 2 aliphatic heterocycles. The van der Waals surface area contributed by atoms with Crippen LogP contribution in [0.3, 0.4) is 0 Å². The van der Waals surface area contributed by atoms with Gasteiger partial charge in [-0.25, -0.2) is 4.98 Å². The lowest BCUT2D eigenvalue weighted by atomic mass is 9.97. The number of hydrogen-bond donors (Lipinski definition) is 2. The lowest BCUT2D eigenvalue weighted by molar-refractivity contribution is -0.115. The molecule has 4 rings (SSSR count). The monoisotopic (exact) mass is 408 g/mol. The van der Waals surface area contributed by atoms with Gasteiger partial charge in [0.1, 0.15) is 0 Å². The highest BCUT2D eigenvalue weighted by Crippen LogP contribution is 2.25. The summed E-state index contributed by atoms with van der Waals surface area (Å²) >= 11 is 0. The van der Waals surface area contributed by atoms with Crippen molar-refractivity contribution in [3.8, 4) is 0 Å². The average Bonchev–Trinajstić information content (AvgIpc) is 2.78. The summed E-state index contributed by atoms with van der Waals surface area (Å²) in [5, 5.41) is 5.58. The predicted octanol–water partition coefficient (Wildman–Crippen LogP) is 3.16. The van der Waals surface area contributed by atoms with Crippen LogP contribution in [0.5, 0.6) is 0 Å². The predicted molar refractivity (Wildman–Crippen MR) is 118 cm³/mol. The van der Waals surface area contributed by atoms with Crippen molar-refractivity contribution >= 4 is 29.4 Å². The minimum Gasteiger partial charge on any atom is -0.377 e. The first kappa shape index (κ1) is 21.5. The van der Waals surface area contributed by atoms with Gasteiger partial charge in [0.25, 0.3) is 0 Å². The number of fused-ring (bicyclic) bond motifs is 1. The molecule has 1 aromatic heterocycles. The number of nitrogens with zero attached hydrogens (tertiary/aromatic N) is 2. The summed E-state index contributed by atoms with van der Waals surface area (Å²) in [4.78, 5) is 27.6. The molecule has 1 unspecified atom stereocenters. The maximum Gasteiger partial charge on any atom is 0.244 e. The Morgan fingerprint density at radius 2 is 2.10 bits per heavy atom. The lowest BCUT2D eigenvalue weighted by Gasteiger charge is -2.25. The van der Waals surface area contributed by atoms with Crippen molar-refractivity contribution in [3.63, 3.8) is 0 Å². The number of nitrogens with one attached hydrogen (secondary N) is 2. The number of benzene rings is 1. The summed E-state index contributed by atoms with van der Waals surface area (Å²) in [7, 11) is 1.85. The van der Waals surface area contributed by atoms with Crippen LogP contribution >= 0.6 is 0 Å². The zero-order chi connectivity index (χ0) is 21.3. The van der Waals surface area contributed by atoms with E-state index in [0.29, 0.717) is 13.2 Å². The molecule has 2 amide bonds. The molecule has 1 aromatic carbocycles. The number of hydrogen-bond acceptors (Lipinski definition) is 5. The topological polar surface area (TPSA) is 83.6 Å². The highest BCUT2D eigenvalue weighted by Gasteiger charge is 2.18. The Balaban J connectivity index is 0.000000184. The quantitative estimate of drug-likeness (QED) is 0.743. The molecule has 2 aliphatic rings. The third-order valence-electron chi connectivity index (χ3n) is 5.13. The first-order chi connectivity index (χ1) is 14.6. The Morgan fingerprint density at radius 3 is 2.77 bits per heavy atom.